The lowest BCUT2D eigenvalue weighted by molar-refractivity contribution is -0.00627. The van der Waals surface area contributed by atoms with E-state index < -0.39 is 5.82 Å². The molecule has 1 aliphatic carbocycles. The molecule has 0 radical (unpaired) electrons. The van der Waals surface area contributed by atoms with Crippen LogP contribution in [0.1, 0.15) is 56.1 Å². The molecule has 8 heteroatoms. The molecular weight excluding hydrogens is 399 g/mol. The van der Waals surface area contributed by atoms with Gasteiger partial charge in [0.2, 0.25) is 0 Å². The van der Waals surface area contributed by atoms with Gasteiger partial charge in [0.05, 0.1) is 35.8 Å². The maximum atomic E-state index is 13.1. The number of hydrogen-bond donors (Lipinski definition) is 1. The number of rotatable bonds is 5. The van der Waals surface area contributed by atoms with E-state index in [2.05, 4.69) is 17.2 Å². The van der Waals surface area contributed by atoms with Gasteiger partial charge in [-0.3, -0.25) is 4.79 Å². The predicted molar refractivity (Wildman–Crippen MR) is 113 cm³/mol. The predicted octanol–water partition coefficient (Wildman–Crippen LogP) is 4.12. The second-order valence-corrected chi connectivity index (χ2v) is 9.12. The summed E-state index contributed by atoms with van der Waals surface area (Å²) in [6, 6.07) is 4.45. The first kappa shape index (κ1) is 19.9. The minimum atomic E-state index is -0.465. The average Bonchev–Trinajstić information content (AvgIpc) is 3.39. The van der Waals surface area contributed by atoms with Gasteiger partial charge in [0, 0.05) is 23.9 Å². The Bertz CT molecular complexity index is 1150. The number of halogens is 1. The van der Waals surface area contributed by atoms with E-state index in [0.717, 1.165) is 36.8 Å². The fourth-order valence-corrected chi connectivity index (χ4v) is 4.67. The Hall–Kier alpha value is -3.00. The number of nitrogens with zero attached hydrogens (tertiary/aromatic N) is 3. The van der Waals surface area contributed by atoms with Crippen molar-refractivity contribution in [2.24, 2.45) is 0 Å². The van der Waals surface area contributed by atoms with Crippen LogP contribution in [-0.4, -0.2) is 38.6 Å². The van der Waals surface area contributed by atoms with Crippen molar-refractivity contribution in [3.05, 3.63) is 53.9 Å². The quantitative estimate of drug-likeness (QED) is 0.667. The molecular formula is C23H25FN4O3. The highest BCUT2D eigenvalue weighted by atomic mass is 19.1. The van der Waals surface area contributed by atoms with Crippen LogP contribution < -0.4 is 10.1 Å². The SMILES string of the molecule is CC(C)Oc1cc2nc(C34CCC(C)(C3)OC4)cn2cc1C(=O)Nc1ccc(F)cn1. The summed E-state index contributed by atoms with van der Waals surface area (Å²) in [7, 11) is 0. The number of aromatic nitrogens is 3. The lowest BCUT2D eigenvalue weighted by Crippen LogP contribution is -2.26. The highest BCUT2D eigenvalue weighted by molar-refractivity contribution is 6.05. The monoisotopic (exact) mass is 424 g/mol. The van der Waals surface area contributed by atoms with Gasteiger partial charge in [0.15, 0.2) is 0 Å². The molecule has 2 fully saturated rings. The second-order valence-electron chi connectivity index (χ2n) is 9.12. The number of imidazole rings is 1. The van der Waals surface area contributed by atoms with Crippen LogP contribution in [-0.2, 0) is 10.2 Å². The molecule has 1 aliphatic heterocycles. The van der Waals surface area contributed by atoms with Crippen LogP contribution >= 0.6 is 0 Å². The molecule has 2 bridgehead atoms. The smallest absolute Gasteiger partial charge is 0.262 e. The van der Waals surface area contributed by atoms with Crippen LogP contribution in [0.3, 0.4) is 0 Å². The first-order chi connectivity index (χ1) is 14.8. The van der Waals surface area contributed by atoms with E-state index in [-0.39, 0.29) is 28.8 Å². The molecule has 2 atom stereocenters. The maximum Gasteiger partial charge on any atom is 0.262 e. The Labute approximate surface area is 179 Å². The van der Waals surface area contributed by atoms with Crippen molar-refractivity contribution in [1.29, 1.82) is 0 Å². The van der Waals surface area contributed by atoms with Gasteiger partial charge in [0.25, 0.3) is 5.91 Å². The van der Waals surface area contributed by atoms with Crippen molar-refractivity contribution in [3.8, 4) is 5.75 Å². The number of fused-ring (bicyclic) bond motifs is 3. The molecule has 1 saturated heterocycles. The standard InChI is InChI=1S/C23H25FN4O3/c1-14(2)31-17-8-20-26-18(23-7-6-22(3,12-23)30-13-23)11-28(20)10-16(17)21(29)27-19-5-4-15(24)9-25-19/h4-5,8-11,14H,6-7,12-13H2,1-3H3,(H,25,27,29). The van der Waals surface area contributed by atoms with E-state index in [1.807, 2.05) is 24.4 Å². The van der Waals surface area contributed by atoms with E-state index in [1.54, 1.807) is 12.3 Å². The Morgan fingerprint density at radius 2 is 2.16 bits per heavy atom. The summed E-state index contributed by atoms with van der Waals surface area (Å²) in [5.41, 5.74) is 1.93. The number of pyridine rings is 2. The van der Waals surface area contributed by atoms with Crippen LogP contribution in [0, 0.1) is 5.82 Å². The van der Waals surface area contributed by atoms with Crippen LogP contribution in [0.5, 0.6) is 5.75 Å². The highest BCUT2D eigenvalue weighted by Crippen LogP contribution is 2.53. The Balaban J connectivity index is 1.52. The molecule has 3 aromatic rings. The summed E-state index contributed by atoms with van der Waals surface area (Å²) in [5, 5.41) is 2.71. The minimum absolute atomic E-state index is 0.0606. The fraction of sp³-hybridized carbons (Fsp3) is 0.435. The van der Waals surface area contributed by atoms with Crippen molar-refractivity contribution in [3.63, 3.8) is 0 Å². The summed E-state index contributed by atoms with van der Waals surface area (Å²) < 4.78 is 26.9. The van der Waals surface area contributed by atoms with Crippen molar-refractivity contribution in [1.82, 2.24) is 14.4 Å². The number of nitrogens with one attached hydrogen (secondary N) is 1. The van der Waals surface area contributed by atoms with Gasteiger partial charge < -0.3 is 19.2 Å². The normalized spacial score (nSPS) is 24.8. The van der Waals surface area contributed by atoms with Crippen LogP contribution in [0.4, 0.5) is 10.2 Å². The van der Waals surface area contributed by atoms with Crippen LogP contribution in [0.15, 0.2) is 36.8 Å². The number of carbonyl (C=O) groups excluding carboxylic acids is 1. The zero-order valence-electron chi connectivity index (χ0n) is 17.8. The zero-order chi connectivity index (χ0) is 21.8. The van der Waals surface area contributed by atoms with E-state index >= 15 is 0 Å². The minimum Gasteiger partial charge on any atom is -0.490 e. The van der Waals surface area contributed by atoms with Crippen LogP contribution in [0.2, 0.25) is 0 Å². The topological polar surface area (TPSA) is 77.8 Å². The zero-order valence-corrected chi connectivity index (χ0v) is 17.8. The summed E-state index contributed by atoms with van der Waals surface area (Å²) in [6.07, 6.45) is 7.69. The number of carbonyl (C=O) groups is 1. The van der Waals surface area contributed by atoms with Gasteiger partial charge in [-0.05, 0) is 52.2 Å². The van der Waals surface area contributed by atoms with Gasteiger partial charge in [-0.15, -0.1) is 0 Å². The Kier molecular flexibility index (Phi) is 4.51. The molecule has 31 heavy (non-hydrogen) atoms. The molecule has 1 amide bonds. The molecule has 1 N–H and O–H groups in total. The van der Waals surface area contributed by atoms with Gasteiger partial charge in [-0.25, -0.2) is 14.4 Å². The molecule has 3 aromatic heterocycles. The number of anilines is 1. The highest BCUT2D eigenvalue weighted by Gasteiger charge is 2.55. The Morgan fingerprint density at radius 1 is 1.32 bits per heavy atom. The first-order valence-electron chi connectivity index (χ1n) is 10.5. The largest absolute Gasteiger partial charge is 0.490 e. The lowest BCUT2D eigenvalue weighted by atomic mass is 9.84. The molecule has 0 spiro atoms. The fourth-order valence-electron chi connectivity index (χ4n) is 4.67. The average molecular weight is 424 g/mol. The van der Waals surface area contributed by atoms with Crippen molar-refractivity contribution in [2.75, 3.05) is 11.9 Å². The summed E-state index contributed by atoms with van der Waals surface area (Å²) in [6.45, 7) is 6.64. The molecule has 1 saturated carbocycles. The first-order valence-corrected chi connectivity index (χ1v) is 10.5. The molecule has 5 rings (SSSR count). The Morgan fingerprint density at radius 3 is 2.77 bits per heavy atom. The lowest BCUT2D eigenvalue weighted by Gasteiger charge is -2.24. The molecule has 0 aromatic carbocycles. The van der Waals surface area contributed by atoms with Gasteiger partial charge in [0.1, 0.15) is 23.0 Å². The van der Waals surface area contributed by atoms with Crippen molar-refractivity contribution >= 4 is 17.4 Å². The van der Waals surface area contributed by atoms with Crippen molar-refractivity contribution in [2.45, 2.75) is 57.2 Å². The van der Waals surface area contributed by atoms with E-state index in [1.165, 1.54) is 12.1 Å². The van der Waals surface area contributed by atoms with E-state index in [4.69, 9.17) is 14.5 Å². The van der Waals surface area contributed by atoms with E-state index in [0.29, 0.717) is 17.9 Å². The van der Waals surface area contributed by atoms with E-state index in [9.17, 15) is 9.18 Å². The maximum absolute atomic E-state index is 13.1. The molecule has 162 valence electrons. The number of amides is 1. The third-order valence-electron chi connectivity index (χ3n) is 6.22. The van der Waals surface area contributed by atoms with Crippen LogP contribution in [0.25, 0.3) is 5.65 Å². The van der Waals surface area contributed by atoms with Gasteiger partial charge in [-0.2, -0.15) is 0 Å². The summed E-state index contributed by atoms with van der Waals surface area (Å²) in [4.78, 5) is 21.8. The van der Waals surface area contributed by atoms with Gasteiger partial charge in [-0.1, -0.05) is 0 Å². The molecule has 4 heterocycles. The third kappa shape index (κ3) is 3.54. The summed E-state index contributed by atoms with van der Waals surface area (Å²) >= 11 is 0. The molecule has 7 nitrogen and oxygen atoms in total. The molecule has 2 unspecified atom stereocenters. The molecule has 2 aliphatic rings. The summed E-state index contributed by atoms with van der Waals surface area (Å²) in [5.74, 6) is -0.147. The van der Waals surface area contributed by atoms with Crippen molar-refractivity contribution < 1.29 is 18.7 Å². The number of hydrogen-bond acceptors (Lipinski definition) is 5. The third-order valence-corrected chi connectivity index (χ3v) is 6.22. The van der Waals surface area contributed by atoms with Gasteiger partial charge >= 0.3 is 0 Å². The second kappa shape index (κ2) is 7.02. The number of ether oxygens (including phenoxy) is 2.